The Balaban J connectivity index is 1.50. The molecule has 1 spiro atoms. The van der Waals surface area contributed by atoms with Crippen LogP contribution in [-0.4, -0.2) is 34.1 Å². The maximum absolute atomic E-state index is 13.7. The number of hydrogen-bond donors (Lipinski definition) is 2. The van der Waals surface area contributed by atoms with Crippen molar-refractivity contribution in [1.29, 1.82) is 0 Å². The van der Waals surface area contributed by atoms with Gasteiger partial charge in [0, 0.05) is 12.1 Å². The molecule has 2 amide bonds. The summed E-state index contributed by atoms with van der Waals surface area (Å²) in [6.07, 6.45) is 1.34. The first-order valence-corrected chi connectivity index (χ1v) is 9.78. The molecule has 4 rings (SSSR count). The van der Waals surface area contributed by atoms with Crippen LogP contribution in [0.1, 0.15) is 42.9 Å². The highest BCUT2D eigenvalue weighted by Gasteiger charge is 2.55. The van der Waals surface area contributed by atoms with Crippen molar-refractivity contribution in [3.05, 3.63) is 65.5 Å². The molecule has 0 aliphatic carbocycles. The van der Waals surface area contributed by atoms with Gasteiger partial charge in [0.2, 0.25) is 5.91 Å². The number of rotatable bonds is 4. The van der Waals surface area contributed by atoms with Gasteiger partial charge in [-0.1, -0.05) is 30.3 Å². The predicted molar refractivity (Wildman–Crippen MR) is 104 cm³/mol. The van der Waals surface area contributed by atoms with Gasteiger partial charge >= 0.3 is 6.09 Å². The monoisotopic (exact) mass is 398 g/mol. The molecule has 2 aromatic rings. The first-order valence-electron chi connectivity index (χ1n) is 9.78. The molecule has 2 aliphatic heterocycles. The predicted octanol–water partition coefficient (Wildman–Crippen LogP) is 3.87. The molecule has 152 valence electrons. The smallest absolute Gasteiger partial charge is 0.408 e. The van der Waals surface area contributed by atoms with Crippen LogP contribution in [0.3, 0.4) is 0 Å². The zero-order valence-corrected chi connectivity index (χ0v) is 15.9. The van der Waals surface area contributed by atoms with Crippen LogP contribution in [0.25, 0.3) is 0 Å². The van der Waals surface area contributed by atoms with Crippen molar-refractivity contribution in [2.75, 3.05) is 6.54 Å². The van der Waals surface area contributed by atoms with Crippen molar-refractivity contribution >= 4 is 12.0 Å². The van der Waals surface area contributed by atoms with E-state index in [9.17, 15) is 19.1 Å². The molecule has 2 heterocycles. The van der Waals surface area contributed by atoms with Crippen molar-refractivity contribution in [1.82, 2.24) is 10.2 Å². The second-order valence-electron chi connectivity index (χ2n) is 7.55. The van der Waals surface area contributed by atoms with Gasteiger partial charge in [0.25, 0.3) is 0 Å². The largest absolute Gasteiger partial charge is 0.489 e. The van der Waals surface area contributed by atoms with E-state index in [1.54, 1.807) is 30.3 Å². The average molecular weight is 398 g/mol. The molecule has 0 unspecified atom stereocenters. The summed E-state index contributed by atoms with van der Waals surface area (Å²) >= 11 is 0. The molecule has 0 radical (unpaired) electrons. The van der Waals surface area contributed by atoms with Gasteiger partial charge in [-0.3, -0.25) is 9.69 Å². The zero-order chi connectivity index (χ0) is 20.4. The standard InChI is InChI=1S/C22H23FN2O4/c23-18-5-2-1-4-16(18)14-29-17-8-6-15(7-9-17)19-10-12-22(25(19)21(27)28)11-3-13-24-20(22)26/h1-2,4-9,19H,3,10-14H2,(H,24,26)(H,27,28)/t19-,22-/m0/s1. The van der Waals surface area contributed by atoms with E-state index in [1.807, 2.05) is 12.1 Å². The number of ether oxygens (including phenoxy) is 1. The highest BCUT2D eigenvalue weighted by molar-refractivity contribution is 5.91. The third-order valence-electron chi connectivity index (χ3n) is 5.90. The fourth-order valence-corrected chi connectivity index (χ4v) is 4.45. The lowest BCUT2D eigenvalue weighted by atomic mass is 9.87. The Labute approximate surface area is 168 Å². The van der Waals surface area contributed by atoms with Crippen molar-refractivity contribution in [2.24, 2.45) is 0 Å². The number of nitrogens with zero attached hydrogens (tertiary/aromatic N) is 1. The lowest BCUT2D eigenvalue weighted by Crippen LogP contribution is -2.60. The van der Waals surface area contributed by atoms with Gasteiger partial charge in [0.1, 0.15) is 23.7 Å². The Hall–Kier alpha value is -3.09. The number of halogens is 1. The summed E-state index contributed by atoms with van der Waals surface area (Å²) in [7, 11) is 0. The minimum atomic E-state index is -1.08. The van der Waals surface area contributed by atoms with Crippen LogP contribution < -0.4 is 10.1 Å². The lowest BCUT2D eigenvalue weighted by molar-refractivity contribution is -0.134. The number of piperidine rings is 1. The Bertz CT molecular complexity index is 917. The topological polar surface area (TPSA) is 78.9 Å². The van der Waals surface area contributed by atoms with Crippen molar-refractivity contribution in [3.63, 3.8) is 0 Å². The number of hydrogen-bond acceptors (Lipinski definition) is 3. The Morgan fingerprint density at radius 2 is 1.97 bits per heavy atom. The first kappa shape index (κ1) is 19.2. The molecule has 2 aromatic carbocycles. The molecule has 0 bridgehead atoms. The Morgan fingerprint density at radius 1 is 1.21 bits per heavy atom. The number of amides is 2. The van der Waals surface area contributed by atoms with E-state index in [0.717, 1.165) is 12.0 Å². The molecule has 6 nitrogen and oxygen atoms in total. The summed E-state index contributed by atoms with van der Waals surface area (Å²) in [5.41, 5.74) is 0.310. The van der Waals surface area contributed by atoms with Crippen LogP contribution in [-0.2, 0) is 11.4 Å². The summed E-state index contributed by atoms with van der Waals surface area (Å²) in [6, 6.07) is 13.2. The van der Waals surface area contributed by atoms with Gasteiger partial charge in [-0.25, -0.2) is 9.18 Å². The second kappa shape index (κ2) is 7.73. The quantitative estimate of drug-likeness (QED) is 0.820. The van der Waals surface area contributed by atoms with E-state index in [4.69, 9.17) is 4.74 Å². The van der Waals surface area contributed by atoms with Crippen molar-refractivity contribution in [3.8, 4) is 5.75 Å². The van der Waals surface area contributed by atoms with Gasteiger partial charge in [-0.15, -0.1) is 0 Å². The van der Waals surface area contributed by atoms with Crippen molar-refractivity contribution < 1.29 is 23.8 Å². The maximum atomic E-state index is 13.7. The zero-order valence-electron chi connectivity index (χ0n) is 15.9. The minimum absolute atomic E-state index is 0.111. The highest BCUT2D eigenvalue weighted by Crippen LogP contribution is 2.46. The number of benzene rings is 2. The maximum Gasteiger partial charge on any atom is 0.408 e. The Kier molecular flexibility index (Phi) is 5.13. The summed E-state index contributed by atoms with van der Waals surface area (Å²) in [6.45, 7) is 0.701. The SMILES string of the molecule is O=C(O)N1[C@H](c2ccc(OCc3ccccc3F)cc2)CC[C@]12CCCNC2=O. The molecule has 2 aliphatic rings. The molecule has 0 saturated carbocycles. The third kappa shape index (κ3) is 3.52. The third-order valence-corrected chi connectivity index (χ3v) is 5.90. The summed E-state index contributed by atoms with van der Waals surface area (Å²) < 4.78 is 19.4. The molecular weight excluding hydrogens is 375 g/mol. The van der Waals surface area contributed by atoms with Crippen LogP contribution in [0, 0.1) is 5.82 Å². The van der Waals surface area contributed by atoms with E-state index in [1.165, 1.54) is 11.0 Å². The van der Waals surface area contributed by atoms with Crippen molar-refractivity contribution in [2.45, 2.75) is 43.9 Å². The number of likely N-dealkylation sites (tertiary alicyclic amines) is 1. The summed E-state index contributed by atoms with van der Waals surface area (Å²) in [4.78, 5) is 25.9. The van der Waals surface area contributed by atoms with E-state index in [0.29, 0.717) is 37.1 Å². The van der Waals surface area contributed by atoms with Crippen LogP contribution in [0.5, 0.6) is 5.75 Å². The average Bonchev–Trinajstić information content (AvgIpc) is 3.10. The Morgan fingerprint density at radius 3 is 2.66 bits per heavy atom. The van der Waals surface area contributed by atoms with Crippen LogP contribution in [0.15, 0.2) is 48.5 Å². The van der Waals surface area contributed by atoms with Crippen LogP contribution >= 0.6 is 0 Å². The molecule has 2 atom stereocenters. The van der Waals surface area contributed by atoms with Gasteiger partial charge in [0.05, 0.1) is 6.04 Å². The normalized spacial score (nSPS) is 23.8. The molecule has 2 fully saturated rings. The van der Waals surface area contributed by atoms with Crippen LogP contribution in [0.4, 0.5) is 9.18 Å². The van der Waals surface area contributed by atoms with Gasteiger partial charge < -0.3 is 15.2 Å². The van der Waals surface area contributed by atoms with Gasteiger partial charge in [-0.05, 0) is 49.4 Å². The number of carboxylic acid groups (broad SMARTS) is 1. The van der Waals surface area contributed by atoms with Crippen LogP contribution in [0.2, 0.25) is 0 Å². The number of nitrogens with one attached hydrogen (secondary N) is 1. The highest BCUT2D eigenvalue weighted by atomic mass is 19.1. The minimum Gasteiger partial charge on any atom is -0.489 e. The van der Waals surface area contributed by atoms with E-state index in [-0.39, 0.29) is 24.4 Å². The molecule has 0 aromatic heterocycles. The summed E-state index contributed by atoms with van der Waals surface area (Å²) in [5, 5.41) is 12.7. The molecule has 29 heavy (non-hydrogen) atoms. The molecule has 2 saturated heterocycles. The second-order valence-corrected chi connectivity index (χ2v) is 7.55. The van der Waals surface area contributed by atoms with E-state index in [2.05, 4.69) is 5.32 Å². The van der Waals surface area contributed by atoms with E-state index >= 15 is 0 Å². The molecule has 7 heteroatoms. The first-order chi connectivity index (χ1) is 14.0. The number of carbonyl (C=O) groups is 2. The molecule has 2 N–H and O–H groups in total. The van der Waals surface area contributed by atoms with Gasteiger partial charge in [-0.2, -0.15) is 0 Å². The summed E-state index contributed by atoms with van der Waals surface area (Å²) in [5.74, 6) is 0.0590. The molecular formula is C22H23FN2O4. The fraction of sp³-hybridized carbons (Fsp3) is 0.364. The lowest BCUT2D eigenvalue weighted by Gasteiger charge is -2.40. The fourth-order valence-electron chi connectivity index (χ4n) is 4.45. The van der Waals surface area contributed by atoms with Gasteiger partial charge in [0.15, 0.2) is 0 Å². The van der Waals surface area contributed by atoms with E-state index < -0.39 is 11.6 Å². The number of carbonyl (C=O) groups excluding carboxylic acids is 1.